The summed E-state index contributed by atoms with van der Waals surface area (Å²) < 4.78 is 10.3. The van der Waals surface area contributed by atoms with Gasteiger partial charge in [-0.25, -0.2) is 0 Å². The molecule has 1 atom stereocenters. The van der Waals surface area contributed by atoms with Crippen LogP contribution in [0.25, 0.3) is 10.8 Å². The average molecular weight is 410 g/mol. The molecular weight excluding hydrogens is 386 g/mol. The Morgan fingerprint density at radius 3 is 3.11 bits per heavy atom. The Bertz CT molecular complexity index is 802. The van der Waals surface area contributed by atoms with Gasteiger partial charge in [-0.05, 0) is 43.2 Å². The van der Waals surface area contributed by atoms with Crippen LogP contribution in [0.3, 0.4) is 0 Å². The van der Waals surface area contributed by atoms with Gasteiger partial charge in [-0.15, -0.1) is 21.5 Å². The average Bonchev–Trinajstić information content (AvgIpc) is 3.29. The molecule has 27 heavy (non-hydrogen) atoms. The molecule has 0 saturated carbocycles. The number of thiophene rings is 1. The van der Waals surface area contributed by atoms with Crippen molar-refractivity contribution < 1.29 is 18.7 Å². The first-order chi connectivity index (χ1) is 13.0. The Morgan fingerprint density at radius 1 is 1.44 bits per heavy atom. The van der Waals surface area contributed by atoms with Crippen LogP contribution in [0.4, 0.5) is 0 Å². The molecule has 1 aliphatic carbocycles. The second kappa shape index (κ2) is 9.36. The van der Waals surface area contributed by atoms with E-state index in [1.54, 1.807) is 11.3 Å². The maximum atomic E-state index is 11.8. The van der Waals surface area contributed by atoms with Crippen molar-refractivity contribution in [2.24, 2.45) is 5.92 Å². The number of rotatable bonds is 8. The molecular formula is C18H23N3O4S2. The van der Waals surface area contributed by atoms with Gasteiger partial charge in [0, 0.05) is 17.8 Å². The summed E-state index contributed by atoms with van der Waals surface area (Å²) in [5.74, 6) is 1.02. The van der Waals surface area contributed by atoms with Gasteiger partial charge < -0.3 is 14.5 Å². The van der Waals surface area contributed by atoms with Gasteiger partial charge in [0.05, 0.1) is 17.7 Å². The van der Waals surface area contributed by atoms with Crippen molar-refractivity contribution in [2.45, 2.75) is 44.3 Å². The molecule has 0 unspecified atom stereocenters. The fraction of sp³-hybridized carbons (Fsp3) is 0.556. The maximum Gasteiger partial charge on any atom is 0.305 e. The van der Waals surface area contributed by atoms with Crippen LogP contribution in [0.2, 0.25) is 0 Å². The second-order valence-electron chi connectivity index (χ2n) is 6.60. The van der Waals surface area contributed by atoms with Crippen molar-refractivity contribution >= 4 is 35.0 Å². The Hall–Kier alpha value is -1.87. The molecule has 2 aromatic rings. The Morgan fingerprint density at radius 2 is 2.30 bits per heavy atom. The van der Waals surface area contributed by atoms with Crippen molar-refractivity contribution in [3.63, 3.8) is 0 Å². The molecule has 0 spiro atoms. The van der Waals surface area contributed by atoms with Crippen molar-refractivity contribution in [1.29, 1.82) is 0 Å². The molecule has 9 heteroatoms. The van der Waals surface area contributed by atoms with E-state index in [2.05, 4.69) is 33.2 Å². The van der Waals surface area contributed by atoms with Crippen molar-refractivity contribution in [2.75, 3.05) is 19.4 Å². The molecule has 0 bridgehead atoms. The van der Waals surface area contributed by atoms with Gasteiger partial charge in [-0.1, -0.05) is 18.7 Å². The minimum Gasteiger partial charge on any atom is -0.469 e. The number of fused-ring (bicyclic) bond motifs is 1. The van der Waals surface area contributed by atoms with Gasteiger partial charge in [-0.3, -0.25) is 9.59 Å². The number of aryl methyl sites for hydroxylation is 1. The first kappa shape index (κ1) is 19.9. The lowest BCUT2D eigenvalue weighted by atomic mass is 9.90. The van der Waals surface area contributed by atoms with E-state index in [-0.39, 0.29) is 17.6 Å². The van der Waals surface area contributed by atoms with E-state index in [0.29, 0.717) is 30.5 Å². The zero-order chi connectivity index (χ0) is 19.2. The quantitative estimate of drug-likeness (QED) is 0.407. The van der Waals surface area contributed by atoms with Crippen LogP contribution >= 0.6 is 23.1 Å². The standard InChI is InChI=1S/C18H23N3O4S2/c1-11-5-6-13-12(8-11)9-14(27-13)17-20-21-18(25-17)26-10-15(22)19-7-3-4-16(23)24-2/h9,11H,3-8,10H2,1-2H3,(H,19,22)/t11-/m1/s1. The van der Waals surface area contributed by atoms with Gasteiger partial charge in [0.25, 0.3) is 11.1 Å². The number of carbonyl (C=O) groups is 2. The van der Waals surface area contributed by atoms with Gasteiger partial charge in [-0.2, -0.15) is 0 Å². The fourth-order valence-corrected chi connectivity index (χ4v) is 4.64. The summed E-state index contributed by atoms with van der Waals surface area (Å²) >= 11 is 2.93. The largest absolute Gasteiger partial charge is 0.469 e. The van der Waals surface area contributed by atoms with Crippen LogP contribution in [0.5, 0.6) is 0 Å². The molecule has 0 saturated heterocycles. The number of hydrogen-bond acceptors (Lipinski definition) is 8. The summed E-state index contributed by atoms with van der Waals surface area (Å²) in [7, 11) is 1.35. The van der Waals surface area contributed by atoms with Gasteiger partial charge in [0.15, 0.2) is 0 Å². The van der Waals surface area contributed by atoms with Crippen LogP contribution in [-0.4, -0.2) is 41.5 Å². The number of nitrogens with one attached hydrogen (secondary N) is 1. The number of hydrogen-bond donors (Lipinski definition) is 1. The normalized spacial score (nSPS) is 16.0. The Labute approximate surface area is 166 Å². The number of ether oxygens (including phenoxy) is 1. The van der Waals surface area contributed by atoms with Gasteiger partial charge >= 0.3 is 5.97 Å². The third kappa shape index (κ3) is 5.55. The molecule has 0 radical (unpaired) electrons. The molecule has 2 aromatic heterocycles. The molecule has 1 amide bonds. The summed E-state index contributed by atoms with van der Waals surface area (Å²) in [5, 5.41) is 11.3. The van der Waals surface area contributed by atoms with Crippen molar-refractivity contribution in [3.05, 3.63) is 16.5 Å². The molecule has 1 N–H and O–H groups in total. The van der Waals surface area contributed by atoms with E-state index in [4.69, 9.17) is 4.42 Å². The summed E-state index contributed by atoms with van der Waals surface area (Å²) in [6, 6.07) is 2.16. The molecule has 3 rings (SSSR count). The lowest BCUT2D eigenvalue weighted by Gasteiger charge is -2.16. The monoisotopic (exact) mass is 409 g/mol. The highest BCUT2D eigenvalue weighted by atomic mass is 32.2. The van der Waals surface area contributed by atoms with E-state index in [0.717, 1.165) is 23.6 Å². The van der Waals surface area contributed by atoms with E-state index >= 15 is 0 Å². The van der Waals surface area contributed by atoms with Crippen molar-refractivity contribution in [3.8, 4) is 10.8 Å². The zero-order valence-corrected chi connectivity index (χ0v) is 17.1. The molecule has 0 aliphatic heterocycles. The van der Waals surface area contributed by atoms with E-state index < -0.39 is 0 Å². The highest BCUT2D eigenvalue weighted by molar-refractivity contribution is 7.99. The lowest BCUT2D eigenvalue weighted by Crippen LogP contribution is -2.26. The van der Waals surface area contributed by atoms with Crippen LogP contribution in [0.1, 0.15) is 36.6 Å². The number of thioether (sulfide) groups is 1. The molecule has 2 heterocycles. The molecule has 0 fully saturated rings. The first-order valence-electron chi connectivity index (χ1n) is 8.97. The van der Waals surface area contributed by atoms with E-state index in [9.17, 15) is 9.59 Å². The van der Waals surface area contributed by atoms with Crippen LogP contribution in [0.15, 0.2) is 15.7 Å². The zero-order valence-electron chi connectivity index (χ0n) is 15.4. The van der Waals surface area contributed by atoms with Crippen molar-refractivity contribution in [1.82, 2.24) is 15.5 Å². The smallest absolute Gasteiger partial charge is 0.305 e. The number of amides is 1. The first-order valence-corrected chi connectivity index (χ1v) is 10.8. The minimum absolute atomic E-state index is 0.134. The second-order valence-corrected chi connectivity index (χ2v) is 8.66. The maximum absolute atomic E-state index is 11.8. The van der Waals surface area contributed by atoms with E-state index in [1.165, 1.54) is 35.7 Å². The Kier molecular flexibility index (Phi) is 6.89. The summed E-state index contributed by atoms with van der Waals surface area (Å²) in [4.78, 5) is 25.3. The Balaban J connectivity index is 1.46. The predicted octanol–water partition coefficient (Wildman–Crippen LogP) is 3.08. The fourth-order valence-electron chi connectivity index (χ4n) is 2.92. The molecule has 1 aliphatic rings. The molecule has 7 nitrogen and oxygen atoms in total. The summed E-state index contributed by atoms with van der Waals surface area (Å²) in [6.07, 6.45) is 4.30. The topological polar surface area (TPSA) is 94.3 Å². The van der Waals surface area contributed by atoms with Gasteiger partial charge in [0.1, 0.15) is 0 Å². The highest BCUT2D eigenvalue weighted by Gasteiger charge is 2.21. The van der Waals surface area contributed by atoms with E-state index in [1.807, 2.05) is 0 Å². The third-order valence-electron chi connectivity index (χ3n) is 4.38. The number of methoxy groups -OCH3 is 1. The number of aromatic nitrogens is 2. The summed E-state index contributed by atoms with van der Waals surface area (Å²) in [6.45, 7) is 2.71. The van der Waals surface area contributed by atoms with Crippen LogP contribution < -0.4 is 5.32 Å². The lowest BCUT2D eigenvalue weighted by molar-refractivity contribution is -0.140. The SMILES string of the molecule is COC(=O)CCCNC(=O)CSc1nnc(-c2cc3c(s2)CC[C@@H](C)C3)o1. The van der Waals surface area contributed by atoms with Gasteiger partial charge in [0.2, 0.25) is 5.91 Å². The predicted molar refractivity (Wildman–Crippen MR) is 104 cm³/mol. The minimum atomic E-state index is -0.276. The number of nitrogens with zero attached hydrogens (tertiary/aromatic N) is 2. The number of esters is 1. The number of carbonyl (C=O) groups excluding carboxylic acids is 2. The van der Waals surface area contributed by atoms with Crippen LogP contribution in [0, 0.1) is 5.92 Å². The molecule has 146 valence electrons. The van der Waals surface area contributed by atoms with Crippen LogP contribution in [-0.2, 0) is 27.2 Å². The summed E-state index contributed by atoms with van der Waals surface area (Å²) in [5.41, 5.74) is 1.40. The third-order valence-corrected chi connectivity index (χ3v) is 6.42. The molecule has 0 aromatic carbocycles. The highest BCUT2D eigenvalue weighted by Crippen LogP contribution is 2.37.